The zero-order valence-corrected chi connectivity index (χ0v) is 21.2. The molecule has 0 heterocycles. The summed E-state index contributed by atoms with van der Waals surface area (Å²) in [4.78, 5) is 9.47. The number of carbonyl (C=O) groups excluding carboxylic acids is 1. The van der Waals surface area contributed by atoms with E-state index >= 15 is 0 Å². The Morgan fingerprint density at radius 3 is 1.25 bits per heavy atom. The first-order valence-electron chi connectivity index (χ1n) is 10.7. The van der Waals surface area contributed by atoms with Crippen LogP contribution in [-0.4, -0.2) is 24.6 Å². The van der Waals surface area contributed by atoms with E-state index in [0.717, 1.165) is 18.9 Å². The number of carbonyl (C=O) groups is 1. The molecule has 0 aliphatic carbocycles. The van der Waals surface area contributed by atoms with Gasteiger partial charge in [0.05, 0.1) is 10.1 Å². The Morgan fingerprint density at radius 1 is 0.786 bits per heavy atom. The maximum absolute atomic E-state index is 10.4. The van der Waals surface area contributed by atoms with Crippen LogP contribution < -0.4 is 35.3 Å². The van der Waals surface area contributed by atoms with Crippen molar-refractivity contribution in [1.82, 2.24) is 0 Å². The van der Waals surface area contributed by atoms with Crippen LogP contribution in [0.3, 0.4) is 0 Å². The summed E-state index contributed by atoms with van der Waals surface area (Å²) in [6.45, 7) is 5.35. The van der Waals surface area contributed by atoms with E-state index in [4.69, 9.17) is 0 Å². The zero-order chi connectivity index (χ0) is 20.8. The first-order chi connectivity index (χ1) is 12.8. The first kappa shape index (κ1) is 32.8. The van der Waals surface area contributed by atoms with Crippen molar-refractivity contribution in [3.8, 4) is 0 Å². The summed E-state index contributed by atoms with van der Waals surface area (Å²) in [6, 6.07) is 0. The van der Waals surface area contributed by atoms with Gasteiger partial charge < -0.3 is 10.3 Å². The Balaban J connectivity index is -0.000000918. The summed E-state index contributed by atoms with van der Waals surface area (Å²) in [7, 11) is -3.99. The molecule has 0 fully saturated rings. The monoisotopic (exact) mass is 427 g/mol. The fraction of sp³-hybridized carbons (Fsp3) is 0.857. The largest absolute Gasteiger partial charge is 1.00 e. The van der Waals surface area contributed by atoms with Gasteiger partial charge >= 0.3 is 29.6 Å². The molecule has 0 saturated heterocycles. The molecule has 0 spiro atoms. The van der Waals surface area contributed by atoms with Crippen molar-refractivity contribution in [3.63, 3.8) is 0 Å². The molecule has 0 aromatic rings. The van der Waals surface area contributed by atoms with E-state index in [2.05, 4.69) is 19.2 Å². The van der Waals surface area contributed by atoms with Crippen LogP contribution in [-0.2, 0) is 14.9 Å². The maximum atomic E-state index is 10.4. The van der Waals surface area contributed by atoms with E-state index in [1.54, 1.807) is 0 Å². The van der Waals surface area contributed by atoms with Crippen LogP contribution in [0.5, 0.6) is 0 Å². The molecule has 162 valence electrons. The van der Waals surface area contributed by atoms with Crippen LogP contribution >= 0.6 is 0 Å². The molecule has 7 heteroatoms. The Kier molecular flexibility index (Phi) is 29.4. The average molecular weight is 428 g/mol. The number of rotatable bonds is 18. The molecule has 28 heavy (non-hydrogen) atoms. The summed E-state index contributed by atoms with van der Waals surface area (Å²) in [5.74, 6) is -0.671. The van der Waals surface area contributed by atoms with Crippen LogP contribution in [0.2, 0.25) is 0 Å². The van der Waals surface area contributed by atoms with Crippen LogP contribution in [0.25, 0.3) is 0 Å². The molecule has 0 saturated carbocycles. The van der Waals surface area contributed by atoms with E-state index in [1.165, 1.54) is 83.5 Å². The number of hydrogen-bond acceptors (Lipinski definition) is 4. The van der Waals surface area contributed by atoms with E-state index in [1.807, 2.05) is 0 Å². The summed E-state index contributed by atoms with van der Waals surface area (Å²) < 4.78 is 31.3. The molecular formula is C21H42NNaO4S. The van der Waals surface area contributed by atoms with Gasteiger partial charge in [-0.1, -0.05) is 110 Å². The maximum Gasteiger partial charge on any atom is 1.00 e. The normalized spacial score (nSPS) is 10.5. The first-order valence-corrected chi connectivity index (χ1v) is 12.3. The van der Waals surface area contributed by atoms with Gasteiger partial charge in [-0.05, 0) is 12.5 Å². The fourth-order valence-electron chi connectivity index (χ4n) is 2.83. The minimum Gasteiger partial charge on any atom is -0.748 e. The Labute approximate surface area is 196 Å². The number of nitrogens with two attached hydrogens (primary N) is 1. The van der Waals surface area contributed by atoms with Gasteiger partial charge in [0.2, 0.25) is 5.91 Å². The molecule has 0 radical (unpaired) electrons. The van der Waals surface area contributed by atoms with E-state index < -0.39 is 16.0 Å². The second-order valence-electron chi connectivity index (χ2n) is 7.17. The quantitative estimate of drug-likeness (QED) is 0.157. The number of unbranched alkanes of at least 4 members (excludes halogenated alkanes) is 15. The predicted octanol–water partition coefficient (Wildman–Crippen LogP) is 2.45. The topological polar surface area (TPSA) is 100 Å². The molecule has 0 atom stereocenters. The number of primary amides is 1. The zero-order valence-electron chi connectivity index (χ0n) is 18.4. The average Bonchev–Trinajstić information content (AvgIpc) is 2.61. The summed E-state index contributed by atoms with van der Waals surface area (Å²) in [6.07, 6.45) is 21.1. The van der Waals surface area contributed by atoms with Gasteiger partial charge in [-0.3, -0.25) is 4.79 Å². The second-order valence-corrected chi connectivity index (χ2v) is 8.70. The minimum atomic E-state index is -3.99. The van der Waals surface area contributed by atoms with Gasteiger partial charge in [0.1, 0.15) is 0 Å². The third-order valence-electron chi connectivity index (χ3n) is 4.45. The van der Waals surface area contributed by atoms with Crippen molar-refractivity contribution in [1.29, 1.82) is 0 Å². The standard InChI is InChI=1S/C18H38O3S.C3H5NO.Na/c1-2-3-4-5-6-7-8-9-10-11-12-13-14-15-16-17-18-22(19,20)21;1-2-3(4)5;/h2-18H2,1H3,(H,19,20,21);2H,1H2,(H2,4,5);/q;;+1/p-1. The van der Waals surface area contributed by atoms with Gasteiger partial charge in [-0.15, -0.1) is 0 Å². The predicted molar refractivity (Wildman–Crippen MR) is 114 cm³/mol. The van der Waals surface area contributed by atoms with Crippen molar-refractivity contribution in [2.24, 2.45) is 5.73 Å². The van der Waals surface area contributed by atoms with Gasteiger partial charge in [0, 0.05) is 5.75 Å². The molecule has 1 amide bonds. The van der Waals surface area contributed by atoms with E-state index in [9.17, 15) is 17.8 Å². The number of amides is 1. The van der Waals surface area contributed by atoms with Crippen molar-refractivity contribution >= 4 is 16.0 Å². The summed E-state index contributed by atoms with van der Waals surface area (Å²) in [5.41, 5.74) is 4.53. The van der Waals surface area contributed by atoms with Crippen molar-refractivity contribution in [2.45, 2.75) is 110 Å². The second kappa shape index (κ2) is 25.2. The van der Waals surface area contributed by atoms with E-state index in [-0.39, 0.29) is 35.3 Å². The smallest absolute Gasteiger partial charge is 0.748 e. The fourth-order valence-corrected chi connectivity index (χ4v) is 3.38. The van der Waals surface area contributed by atoms with Crippen molar-refractivity contribution < 1.29 is 47.3 Å². The molecule has 0 rings (SSSR count). The SMILES string of the molecule is C=CC(N)=O.CCCCCCCCCCCCCCCCCCS(=O)(=O)[O-].[Na+]. The number of hydrogen-bond donors (Lipinski definition) is 1. The third-order valence-corrected chi connectivity index (χ3v) is 5.24. The van der Waals surface area contributed by atoms with Crippen LogP contribution in [0.1, 0.15) is 110 Å². The Bertz CT molecular complexity index is 442. The minimum absolute atomic E-state index is 0. The van der Waals surface area contributed by atoms with Crippen molar-refractivity contribution in [2.75, 3.05) is 5.75 Å². The van der Waals surface area contributed by atoms with Gasteiger partial charge in [-0.2, -0.15) is 0 Å². The van der Waals surface area contributed by atoms with Gasteiger partial charge in [0.15, 0.2) is 0 Å². The van der Waals surface area contributed by atoms with Crippen LogP contribution in [0, 0.1) is 0 Å². The van der Waals surface area contributed by atoms with Gasteiger partial charge in [-0.25, -0.2) is 8.42 Å². The molecular weight excluding hydrogens is 385 g/mol. The molecule has 0 bridgehead atoms. The van der Waals surface area contributed by atoms with Gasteiger partial charge in [0.25, 0.3) is 0 Å². The Morgan fingerprint density at radius 2 is 1.04 bits per heavy atom. The summed E-state index contributed by atoms with van der Waals surface area (Å²) in [5, 5.41) is 0. The molecule has 2 N–H and O–H groups in total. The molecule has 0 aliphatic heterocycles. The molecule has 0 aliphatic rings. The molecule has 0 aromatic carbocycles. The third kappa shape index (κ3) is 37.0. The molecule has 0 aromatic heterocycles. The summed E-state index contributed by atoms with van der Waals surface area (Å²) >= 11 is 0. The Hall–Kier alpha value is 0.120. The van der Waals surface area contributed by atoms with E-state index in [0.29, 0.717) is 6.42 Å². The molecule has 5 nitrogen and oxygen atoms in total. The molecule has 0 unspecified atom stereocenters. The van der Waals surface area contributed by atoms with Crippen molar-refractivity contribution in [3.05, 3.63) is 12.7 Å². The van der Waals surface area contributed by atoms with Crippen LogP contribution in [0.4, 0.5) is 0 Å². The van der Waals surface area contributed by atoms with Crippen LogP contribution in [0.15, 0.2) is 12.7 Å².